The normalized spacial score (nSPS) is 11.4. The second kappa shape index (κ2) is 19.0. The predicted molar refractivity (Wildman–Crippen MR) is 312 cm³/mol. The summed E-state index contributed by atoms with van der Waals surface area (Å²) >= 11 is 0. The number of fused-ring (bicyclic) bond motifs is 6. The van der Waals surface area contributed by atoms with Gasteiger partial charge in [0, 0.05) is 54.9 Å². The average Bonchev–Trinajstić information content (AvgIpc) is 3.61. The fourth-order valence-corrected chi connectivity index (χ4v) is 10.5. The van der Waals surface area contributed by atoms with Crippen LogP contribution >= 0.6 is 0 Å². The minimum atomic E-state index is 0.634. The van der Waals surface area contributed by atoms with Crippen molar-refractivity contribution >= 4 is 43.6 Å². The Kier molecular flexibility index (Phi) is 11.1. The van der Waals surface area contributed by atoms with Gasteiger partial charge in [-0.2, -0.15) is 0 Å². The van der Waals surface area contributed by atoms with Gasteiger partial charge in [0.1, 0.15) is 11.0 Å². The van der Waals surface area contributed by atoms with Crippen LogP contribution in [0, 0.1) is 0 Å². The van der Waals surface area contributed by atoms with Crippen LogP contribution in [0.15, 0.2) is 267 Å². The molecule has 354 valence electrons. The highest BCUT2D eigenvalue weighted by Gasteiger charge is 2.21. The molecule has 0 saturated heterocycles. The predicted octanol–water partition coefficient (Wildman–Crippen LogP) is 17.7. The number of pyridine rings is 2. The van der Waals surface area contributed by atoms with Crippen LogP contribution < -0.4 is 0 Å². The molecule has 76 heavy (non-hydrogen) atoms. The lowest BCUT2D eigenvalue weighted by molar-refractivity contribution is 1.23. The Balaban J connectivity index is 0.951. The number of hydrogen-bond acceptors (Lipinski definition) is 6. The van der Waals surface area contributed by atoms with Crippen molar-refractivity contribution < 1.29 is 0 Å². The molecule has 4 heterocycles. The summed E-state index contributed by atoms with van der Waals surface area (Å²) < 4.78 is 0. The molecular weight excluding hydrogens is 925 g/mol. The number of benzene rings is 10. The van der Waals surface area contributed by atoms with Gasteiger partial charge in [-0.1, -0.05) is 231 Å². The molecule has 4 aromatic heterocycles. The summed E-state index contributed by atoms with van der Waals surface area (Å²) in [4.78, 5) is 32.4. The summed E-state index contributed by atoms with van der Waals surface area (Å²) in [6.45, 7) is 0. The van der Waals surface area contributed by atoms with Crippen molar-refractivity contribution in [3.63, 3.8) is 0 Å². The maximum atomic E-state index is 5.43. The highest BCUT2D eigenvalue weighted by atomic mass is 14.9. The third kappa shape index (κ3) is 8.11. The van der Waals surface area contributed by atoms with Crippen LogP contribution in [0.25, 0.3) is 145 Å². The summed E-state index contributed by atoms with van der Waals surface area (Å²) in [5.74, 6) is 1.27. The van der Waals surface area contributed by atoms with Gasteiger partial charge >= 0.3 is 0 Å². The first kappa shape index (κ1) is 44.4. The summed E-state index contributed by atoms with van der Waals surface area (Å²) in [5.41, 5.74) is 19.0. The summed E-state index contributed by atoms with van der Waals surface area (Å²) in [6.07, 6.45) is 0. The minimum Gasteiger partial charge on any atom is -0.245 e. The van der Waals surface area contributed by atoms with Gasteiger partial charge in [-0.25, -0.2) is 29.9 Å². The molecule has 6 heteroatoms. The zero-order valence-corrected chi connectivity index (χ0v) is 41.1. The van der Waals surface area contributed by atoms with E-state index < -0.39 is 0 Å². The van der Waals surface area contributed by atoms with Gasteiger partial charge < -0.3 is 0 Å². The quantitative estimate of drug-likeness (QED) is 0.134. The average molecular weight is 969 g/mol. The Morgan fingerprint density at radius 1 is 0.184 bits per heavy atom. The molecular formula is C70H44N6. The van der Waals surface area contributed by atoms with Gasteiger partial charge in [-0.15, -0.1) is 0 Å². The van der Waals surface area contributed by atoms with E-state index in [4.69, 9.17) is 29.9 Å². The highest BCUT2D eigenvalue weighted by molar-refractivity contribution is 6.14. The Morgan fingerprint density at radius 3 is 0.842 bits per heavy atom. The van der Waals surface area contributed by atoms with Crippen LogP contribution in [0.5, 0.6) is 0 Å². The van der Waals surface area contributed by atoms with Gasteiger partial charge in [0.15, 0.2) is 11.6 Å². The molecule has 0 radical (unpaired) electrons. The maximum absolute atomic E-state index is 5.43. The fourth-order valence-electron chi connectivity index (χ4n) is 10.5. The van der Waals surface area contributed by atoms with E-state index >= 15 is 0 Å². The Morgan fingerprint density at radius 2 is 0.474 bits per heavy atom. The van der Waals surface area contributed by atoms with Crippen LogP contribution in [0.4, 0.5) is 0 Å². The number of rotatable bonds is 9. The smallest absolute Gasteiger partial charge is 0.160 e. The van der Waals surface area contributed by atoms with Crippen molar-refractivity contribution in [1.29, 1.82) is 0 Å². The van der Waals surface area contributed by atoms with E-state index in [-0.39, 0.29) is 0 Å². The first-order valence-electron chi connectivity index (χ1n) is 25.5. The van der Waals surface area contributed by atoms with Gasteiger partial charge in [0.25, 0.3) is 0 Å². The topological polar surface area (TPSA) is 77.3 Å². The molecule has 0 fully saturated rings. The molecule has 0 unspecified atom stereocenters. The van der Waals surface area contributed by atoms with Crippen LogP contribution in [-0.2, 0) is 0 Å². The van der Waals surface area contributed by atoms with Crippen molar-refractivity contribution in [2.45, 2.75) is 0 Å². The molecule has 0 saturated carbocycles. The lowest BCUT2D eigenvalue weighted by Crippen LogP contribution is -1.99. The lowest BCUT2D eigenvalue weighted by Gasteiger charge is -2.16. The summed E-state index contributed by atoms with van der Waals surface area (Å²) in [5, 5.41) is 3.89. The maximum Gasteiger partial charge on any atom is 0.160 e. The first-order chi connectivity index (χ1) is 37.7. The second-order valence-corrected chi connectivity index (χ2v) is 19.0. The van der Waals surface area contributed by atoms with Crippen LogP contribution in [0.3, 0.4) is 0 Å². The van der Waals surface area contributed by atoms with E-state index in [0.717, 1.165) is 133 Å². The van der Waals surface area contributed by atoms with E-state index in [0.29, 0.717) is 11.6 Å². The van der Waals surface area contributed by atoms with Crippen molar-refractivity contribution in [3.8, 4) is 101 Å². The van der Waals surface area contributed by atoms with Crippen molar-refractivity contribution in [3.05, 3.63) is 267 Å². The molecule has 0 aliphatic heterocycles. The van der Waals surface area contributed by atoms with E-state index in [9.17, 15) is 0 Å². The van der Waals surface area contributed by atoms with Crippen LogP contribution in [0.2, 0.25) is 0 Å². The molecule has 0 spiro atoms. The molecule has 0 amide bonds. The SMILES string of the molecule is c1ccc(-c2cc(-c3ccccc3)c3ccc4c(-c5cccc(-c6cccc(-c7nc(-c8ccccc8)nc8c7ccc7c(-c9ccccc9)cc(-c9ccccc9)nc78)c6)c5)nc(-c5ccccc5)nc4c3n2)cc1. The van der Waals surface area contributed by atoms with Gasteiger partial charge in [0.05, 0.1) is 33.8 Å². The monoisotopic (exact) mass is 968 g/mol. The fraction of sp³-hybridized carbons (Fsp3) is 0. The van der Waals surface area contributed by atoms with Gasteiger partial charge in [-0.05, 0) is 69.8 Å². The molecule has 0 atom stereocenters. The van der Waals surface area contributed by atoms with E-state index in [1.54, 1.807) is 0 Å². The largest absolute Gasteiger partial charge is 0.245 e. The molecule has 0 aliphatic rings. The Labute approximate surface area is 439 Å². The summed E-state index contributed by atoms with van der Waals surface area (Å²) in [7, 11) is 0. The Bertz CT molecular complexity index is 4190. The highest BCUT2D eigenvalue weighted by Crippen LogP contribution is 2.42. The molecule has 14 aromatic rings. The molecule has 0 aliphatic carbocycles. The zero-order chi connectivity index (χ0) is 50.4. The van der Waals surface area contributed by atoms with E-state index in [1.807, 2.05) is 48.5 Å². The molecule has 10 aromatic carbocycles. The molecule has 14 rings (SSSR count). The Hall–Kier alpha value is -10.3. The van der Waals surface area contributed by atoms with Gasteiger partial charge in [0.2, 0.25) is 0 Å². The number of hydrogen-bond donors (Lipinski definition) is 0. The zero-order valence-electron chi connectivity index (χ0n) is 41.1. The van der Waals surface area contributed by atoms with Crippen molar-refractivity contribution in [1.82, 2.24) is 29.9 Å². The summed E-state index contributed by atoms with van der Waals surface area (Å²) in [6, 6.07) is 92.7. The van der Waals surface area contributed by atoms with Gasteiger partial charge in [-0.3, -0.25) is 0 Å². The standard InChI is InChI=1S/C70H44N6/c1-7-21-45(22-8-1)59-43-61(47-25-11-3-12-26-47)71-65-55(59)37-39-57-63(73-69(75-67(57)65)49-29-15-5-16-30-49)53-35-19-33-51(41-53)52-34-20-36-54(42-52)64-58-40-38-56-60(46-23-9-2-10-24-46)44-62(48-27-13-4-14-28-48)72-66(56)68(58)76-70(74-64)50-31-17-6-18-32-50/h1-44H. The molecule has 0 bridgehead atoms. The first-order valence-corrected chi connectivity index (χ1v) is 25.5. The molecule has 6 nitrogen and oxygen atoms in total. The molecule has 0 N–H and O–H groups in total. The van der Waals surface area contributed by atoms with Crippen LogP contribution in [-0.4, -0.2) is 29.9 Å². The van der Waals surface area contributed by atoms with E-state index in [2.05, 4.69) is 218 Å². The second-order valence-electron chi connectivity index (χ2n) is 19.0. The third-order valence-corrected chi connectivity index (χ3v) is 14.3. The lowest BCUT2D eigenvalue weighted by atomic mass is 9.94. The minimum absolute atomic E-state index is 0.634. The third-order valence-electron chi connectivity index (χ3n) is 14.3. The number of aromatic nitrogens is 6. The van der Waals surface area contributed by atoms with Crippen molar-refractivity contribution in [2.24, 2.45) is 0 Å². The van der Waals surface area contributed by atoms with Crippen LogP contribution in [0.1, 0.15) is 0 Å². The van der Waals surface area contributed by atoms with Crippen molar-refractivity contribution in [2.75, 3.05) is 0 Å². The van der Waals surface area contributed by atoms with E-state index in [1.165, 1.54) is 0 Å². The number of nitrogens with zero attached hydrogens (tertiary/aromatic N) is 6.